The van der Waals surface area contributed by atoms with Crippen molar-refractivity contribution in [3.63, 3.8) is 0 Å². The van der Waals surface area contributed by atoms with Gasteiger partial charge in [0.2, 0.25) is 6.41 Å². The number of nitrogens with zero attached hydrogens (tertiary/aromatic N) is 3. The van der Waals surface area contributed by atoms with Gasteiger partial charge in [-0.15, -0.1) is 0 Å². The van der Waals surface area contributed by atoms with Crippen LogP contribution < -0.4 is 5.32 Å². The Balaban J connectivity index is 0.000000323. The predicted octanol–water partition coefficient (Wildman–Crippen LogP) is 2.76. The van der Waals surface area contributed by atoms with Crippen LogP contribution in [0.3, 0.4) is 0 Å². The number of aliphatic hydroxyl groups is 1. The van der Waals surface area contributed by atoms with Crippen LogP contribution in [0.5, 0.6) is 5.75 Å². The number of aryl methyl sites for hydroxylation is 1. The number of phenolic OH excluding ortho intramolecular Hbond substituents is 1. The van der Waals surface area contributed by atoms with Crippen molar-refractivity contribution in [2.45, 2.75) is 26.3 Å². The Morgan fingerprint density at radius 1 is 1.26 bits per heavy atom. The van der Waals surface area contributed by atoms with Crippen LogP contribution in [0.15, 0.2) is 30.3 Å². The number of fused-ring (bicyclic) bond motifs is 2. The van der Waals surface area contributed by atoms with Gasteiger partial charge in [-0.25, -0.2) is 9.37 Å². The number of carbonyl (C=O) groups is 1. The molecule has 4 aromatic rings. The van der Waals surface area contributed by atoms with Crippen LogP contribution in [-0.2, 0) is 28.9 Å². The lowest BCUT2D eigenvalue weighted by molar-refractivity contribution is -0.109. The standard InChI is InChI=1S/C22H22FN5O.C5H11NO3/c1-3-12-9-20(29)16(23)10-15(12)13-4-5-14-18(8-13)26-27-21(14)22-24-17-6-7-28(2)11-19(17)25-22;7-2-4-9-3-1-6-5-8/h4-5,8-10,29H,3,6-7,11H2,1-2H3,(H,24,25)(H,26,27);5,7H,1-4H2,(H,6,8). The minimum absolute atomic E-state index is 0.0289. The summed E-state index contributed by atoms with van der Waals surface area (Å²) < 4.78 is 18.8. The monoisotopic (exact) mass is 524 g/mol. The second-order valence-corrected chi connectivity index (χ2v) is 9.05. The number of amides is 1. The Labute approximate surface area is 219 Å². The molecule has 0 saturated heterocycles. The van der Waals surface area contributed by atoms with E-state index in [4.69, 9.17) is 14.8 Å². The first-order chi connectivity index (χ1) is 18.4. The fraction of sp³-hybridized carbons (Fsp3) is 0.370. The zero-order chi connectivity index (χ0) is 27.1. The van der Waals surface area contributed by atoms with Crippen molar-refractivity contribution in [3.05, 3.63) is 53.1 Å². The number of benzene rings is 2. The highest BCUT2D eigenvalue weighted by molar-refractivity contribution is 5.94. The summed E-state index contributed by atoms with van der Waals surface area (Å²) in [6.45, 7) is 5.18. The van der Waals surface area contributed by atoms with E-state index in [9.17, 15) is 14.3 Å². The van der Waals surface area contributed by atoms with Crippen molar-refractivity contribution in [3.8, 4) is 28.4 Å². The molecule has 0 aliphatic carbocycles. The van der Waals surface area contributed by atoms with Gasteiger partial charge in [0.1, 0.15) is 5.69 Å². The first kappa shape index (κ1) is 27.2. The Bertz CT molecular complexity index is 1390. The molecular weight excluding hydrogens is 491 g/mol. The van der Waals surface area contributed by atoms with Gasteiger partial charge >= 0.3 is 0 Å². The zero-order valence-corrected chi connectivity index (χ0v) is 21.6. The second-order valence-electron chi connectivity index (χ2n) is 9.05. The van der Waals surface area contributed by atoms with Gasteiger partial charge in [0, 0.05) is 31.4 Å². The van der Waals surface area contributed by atoms with Gasteiger partial charge < -0.3 is 30.2 Å². The number of hydrogen-bond acceptors (Lipinski definition) is 7. The minimum Gasteiger partial charge on any atom is -0.505 e. The molecule has 0 atom stereocenters. The molecule has 202 valence electrons. The molecule has 1 aliphatic rings. The molecule has 1 amide bonds. The van der Waals surface area contributed by atoms with Crippen molar-refractivity contribution < 1.29 is 24.1 Å². The largest absolute Gasteiger partial charge is 0.505 e. The predicted molar refractivity (Wildman–Crippen MR) is 142 cm³/mol. The minimum atomic E-state index is -0.617. The molecular formula is C27H33FN6O4. The average molecular weight is 525 g/mol. The van der Waals surface area contributed by atoms with Crippen molar-refractivity contribution in [2.75, 3.05) is 40.0 Å². The van der Waals surface area contributed by atoms with E-state index in [1.807, 2.05) is 25.1 Å². The Kier molecular flexibility index (Phi) is 9.06. The molecule has 2 aromatic heterocycles. The lowest BCUT2D eigenvalue weighted by Crippen LogP contribution is -2.26. The molecule has 0 fully saturated rings. The fourth-order valence-electron chi connectivity index (χ4n) is 4.43. The lowest BCUT2D eigenvalue weighted by atomic mass is 9.96. The third kappa shape index (κ3) is 6.18. The number of halogens is 1. The average Bonchev–Trinajstić information content (AvgIpc) is 3.53. The zero-order valence-electron chi connectivity index (χ0n) is 21.6. The number of aromatic amines is 2. The Hall–Kier alpha value is -3.80. The number of carbonyl (C=O) groups excluding carboxylic acids is 1. The number of aromatic hydroxyl groups is 1. The van der Waals surface area contributed by atoms with Gasteiger partial charge in [-0.2, -0.15) is 5.10 Å². The molecule has 0 radical (unpaired) electrons. The molecule has 5 rings (SSSR count). The van der Waals surface area contributed by atoms with Crippen LogP contribution in [0, 0.1) is 5.82 Å². The third-order valence-electron chi connectivity index (χ3n) is 6.38. The number of aromatic nitrogens is 4. The van der Waals surface area contributed by atoms with E-state index in [0.29, 0.717) is 32.6 Å². The number of aliphatic hydroxyl groups excluding tert-OH is 1. The van der Waals surface area contributed by atoms with Crippen molar-refractivity contribution >= 4 is 17.3 Å². The van der Waals surface area contributed by atoms with Gasteiger partial charge in [-0.3, -0.25) is 9.89 Å². The SMILES string of the molecule is CCc1cc(O)c(F)cc1-c1ccc2c(-c3nc4c([nH]3)CN(C)CC4)n[nH]c2c1.O=CNCCOCCO. The van der Waals surface area contributed by atoms with Gasteiger partial charge in [0.05, 0.1) is 36.7 Å². The summed E-state index contributed by atoms with van der Waals surface area (Å²) >= 11 is 0. The highest BCUT2D eigenvalue weighted by Gasteiger charge is 2.21. The quantitative estimate of drug-likeness (QED) is 0.168. The van der Waals surface area contributed by atoms with Crippen LogP contribution in [-0.4, -0.2) is 81.6 Å². The molecule has 3 heterocycles. The summed E-state index contributed by atoms with van der Waals surface area (Å²) in [5.41, 5.74) is 6.45. The lowest BCUT2D eigenvalue weighted by Gasteiger charge is -2.20. The number of H-pyrrole nitrogens is 2. The van der Waals surface area contributed by atoms with E-state index < -0.39 is 5.82 Å². The maximum atomic E-state index is 14.0. The fourth-order valence-corrected chi connectivity index (χ4v) is 4.43. The number of likely N-dealkylation sites (N-methyl/N-ethyl adjacent to an activating group) is 1. The number of imidazole rings is 1. The summed E-state index contributed by atoms with van der Waals surface area (Å²) in [6, 6.07) is 8.80. The smallest absolute Gasteiger partial charge is 0.207 e. The number of phenols is 1. The highest BCUT2D eigenvalue weighted by Crippen LogP contribution is 2.33. The van der Waals surface area contributed by atoms with E-state index >= 15 is 0 Å². The Morgan fingerprint density at radius 3 is 2.87 bits per heavy atom. The topological polar surface area (TPSA) is 139 Å². The van der Waals surface area contributed by atoms with Gasteiger partial charge in [0.15, 0.2) is 17.4 Å². The molecule has 38 heavy (non-hydrogen) atoms. The molecule has 2 aromatic carbocycles. The molecule has 5 N–H and O–H groups in total. The van der Waals surface area contributed by atoms with Crippen molar-refractivity contribution in [1.29, 1.82) is 0 Å². The summed E-state index contributed by atoms with van der Waals surface area (Å²) in [6.07, 6.45) is 2.24. The number of nitrogens with one attached hydrogen (secondary N) is 3. The van der Waals surface area contributed by atoms with E-state index in [0.717, 1.165) is 70.0 Å². The molecule has 11 heteroatoms. The molecule has 0 bridgehead atoms. The molecule has 1 aliphatic heterocycles. The second kappa shape index (κ2) is 12.6. The Morgan fingerprint density at radius 2 is 2.11 bits per heavy atom. The maximum absolute atomic E-state index is 14.0. The van der Waals surface area contributed by atoms with Crippen LogP contribution >= 0.6 is 0 Å². The first-order valence-electron chi connectivity index (χ1n) is 12.6. The van der Waals surface area contributed by atoms with Crippen LogP contribution in [0.2, 0.25) is 0 Å². The van der Waals surface area contributed by atoms with Gasteiger partial charge in [-0.05, 0) is 54.4 Å². The van der Waals surface area contributed by atoms with Crippen LogP contribution in [0.1, 0.15) is 23.9 Å². The summed E-state index contributed by atoms with van der Waals surface area (Å²) in [5, 5.41) is 28.9. The molecule has 0 saturated carbocycles. The van der Waals surface area contributed by atoms with Crippen molar-refractivity contribution in [2.24, 2.45) is 0 Å². The number of ether oxygens (including phenoxy) is 1. The van der Waals surface area contributed by atoms with E-state index in [1.165, 1.54) is 12.1 Å². The number of hydrogen-bond donors (Lipinski definition) is 5. The third-order valence-corrected chi connectivity index (χ3v) is 6.38. The summed E-state index contributed by atoms with van der Waals surface area (Å²) in [5.74, 6) is -0.161. The van der Waals surface area contributed by atoms with E-state index in [1.54, 1.807) is 0 Å². The maximum Gasteiger partial charge on any atom is 0.207 e. The molecule has 10 nitrogen and oxygen atoms in total. The normalized spacial score (nSPS) is 13.2. The van der Waals surface area contributed by atoms with Crippen molar-refractivity contribution in [1.82, 2.24) is 30.4 Å². The summed E-state index contributed by atoms with van der Waals surface area (Å²) in [7, 11) is 2.10. The highest BCUT2D eigenvalue weighted by atomic mass is 19.1. The number of rotatable bonds is 9. The van der Waals surface area contributed by atoms with Gasteiger partial charge in [-0.1, -0.05) is 13.0 Å². The van der Waals surface area contributed by atoms with Crippen LogP contribution in [0.25, 0.3) is 33.5 Å². The van der Waals surface area contributed by atoms with E-state index in [2.05, 4.69) is 32.4 Å². The first-order valence-corrected chi connectivity index (χ1v) is 12.6. The van der Waals surface area contributed by atoms with Crippen LogP contribution in [0.4, 0.5) is 4.39 Å². The summed E-state index contributed by atoms with van der Waals surface area (Å²) in [4.78, 5) is 20.1. The van der Waals surface area contributed by atoms with Gasteiger partial charge in [0.25, 0.3) is 0 Å². The molecule has 0 unspecified atom stereocenters. The van der Waals surface area contributed by atoms with E-state index in [-0.39, 0.29) is 12.4 Å². The molecule has 0 spiro atoms.